The Balaban J connectivity index is 0.00000272. The molecule has 0 saturated carbocycles. The number of nitrogens with zero attached hydrogens (tertiary/aromatic N) is 6. The Morgan fingerprint density at radius 2 is 1.97 bits per heavy atom. The van der Waals surface area contributed by atoms with Gasteiger partial charge in [0, 0.05) is 61.3 Å². The van der Waals surface area contributed by atoms with Gasteiger partial charge in [-0.2, -0.15) is 10.1 Å². The molecule has 0 unspecified atom stereocenters. The second-order valence-corrected chi connectivity index (χ2v) is 7.60. The Morgan fingerprint density at radius 3 is 2.71 bits per heavy atom. The zero-order valence-electron chi connectivity index (χ0n) is 17.6. The van der Waals surface area contributed by atoms with Crippen molar-refractivity contribution in [2.24, 2.45) is 0 Å². The summed E-state index contributed by atoms with van der Waals surface area (Å²) in [7, 11) is 1.59. The highest BCUT2D eigenvalue weighted by molar-refractivity contribution is 6.30. The monoisotopic (exact) mass is 460 g/mol. The molecule has 0 N–H and O–H groups in total. The van der Waals surface area contributed by atoms with Gasteiger partial charge in [-0.05, 0) is 25.1 Å². The van der Waals surface area contributed by atoms with Gasteiger partial charge in [0.1, 0.15) is 0 Å². The van der Waals surface area contributed by atoms with Gasteiger partial charge in [-0.15, -0.1) is 12.4 Å². The minimum absolute atomic E-state index is 0. The van der Waals surface area contributed by atoms with Gasteiger partial charge in [-0.25, -0.2) is 9.67 Å². The zero-order valence-corrected chi connectivity index (χ0v) is 19.2. The Kier molecular flexibility index (Phi) is 7.90. The second kappa shape index (κ2) is 10.6. The van der Waals surface area contributed by atoms with Gasteiger partial charge < -0.3 is 9.64 Å². The quantitative estimate of drug-likeness (QED) is 0.555. The number of hydrogen-bond acceptors (Lipinski definition) is 6. The molecule has 1 aromatic carbocycles. The van der Waals surface area contributed by atoms with Crippen molar-refractivity contribution in [1.82, 2.24) is 24.6 Å². The van der Waals surface area contributed by atoms with E-state index in [0.717, 1.165) is 49.0 Å². The SMILES string of the molecule is COc1ccnc(-n2ncc(C=CCN3CCN(c4cccc(Cl)c4)CC3)c2C)n1.Cl. The van der Waals surface area contributed by atoms with E-state index >= 15 is 0 Å². The number of benzene rings is 1. The van der Waals surface area contributed by atoms with Gasteiger partial charge in [0.2, 0.25) is 5.88 Å². The van der Waals surface area contributed by atoms with Gasteiger partial charge in [0.25, 0.3) is 5.95 Å². The van der Waals surface area contributed by atoms with Crippen LogP contribution >= 0.6 is 24.0 Å². The van der Waals surface area contributed by atoms with Crippen molar-refractivity contribution >= 4 is 35.8 Å². The minimum Gasteiger partial charge on any atom is -0.481 e. The lowest BCUT2D eigenvalue weighted by Gasteiger charge is -2.35. The highest BCUT2D eigenvalue weighted by Crippen LogP contribution is 2.21. The predicted octanol–water partition coefficient (Wildman–Crippen LogP) is 3.89. The van der Waals surface area contributed by atoms with Crippen LogP contribution < -0.4 is 9.64 Å². The molecule has 4 rings (SSSR count). The summed E-state index contributed by atoms with van der Waals surface area (Å²) in [6, 6.07) is 9.79. The fourth-order valence-corrected chi connectivity index (χ4v) is 3.71. The number of rotatable bonds is 6. The Bertz CT molecular complexity index is 1030. The van der Waals surface area contributed by atoms with Crippen molar-refractivity contribution in [3.8, 4) is 11.8 Å². The number of piperazine rings is 1. The van der Waals surface area contributed by atoms with Crippen molar-refractivity contribution in [2.75, 3.05) is 44.7 Å². The molecule has 1 saturated heterocycles. The van der Waals surface area contributed by atoms with Crippen molar-refractivity contribution in [2.45, 2.75) is 6.92 Å². The first-order valence-corrected chi connectivity index (χ1v) is 10.3. The first-order chi connectivity index (χ1) is 14.6. The molecule has 0 bridgehead atoms. The summed E-state index contributed by atoms with van der Waals surface area (Å²) in [5.74, 6) is 1.02. The van der Waals surface area contributed by atoms with Crippen molar-refractivity contribution < 1.29 is 4.74 Å². The van der Waals surface area contributed by atoms with Crippen LogP contribution in [-0.2, 0) is 0 Å². The van der Waals surface area contributed by atoms with E-state index in [1.165, 1.54) is 5.69 Å². The topological polar surface area (TPSA) is 59.3 Å². The van der Waals surface area contributed by atoms with Crippen LogP contribution in [0.5, 0.6) is 5.88 Å². The molecular weight excluding hydrogens is 435 g/mol. The third-order valence-corrected chi connectivity index (χ3v) is 5.51. The second-order valence-electron chi connectivity index (χ2n) is 7.17. The first kappa shape index (κ1) is 23.1. The summed E-state index contributed by atoms with van der Waals surface area (Å²) in [5.41, 5.74) is 3.24. The first-order valence-electron chi connectivity index (χ1n) is 9.95. The van der Waals surface area contributed by atoms with E-state index in [2.05, 4.69) is 43.1 Å². The molecule has 0 amide bonds. The van der Waals surface area contributed by atoms with Gasteiger partial charge >= 0.3 is 0 Å². The van der Waals surface area contributed by atoms with E-state index in [1.54, 1.807) is 24.1 Å². The predicted molar refractivity (Wildman–Crippen MR) is 127 cm³/mol. The summed E-state index contributed by atoms with van der Waals surface area (Å²) < 4.78 is 6.90. The van der Waals surface area contributed by atoms with E-state index in [-0.39, 0.29) is 12.4 Å². The van der Waals surface area contributed by atoms with Crippen molar-refractivity contribution in [1.29, 1.82) is 0 Å². The minimum atomic E-state index is 0. The molecule has 0 atom stereocenters. The van der Waals surface area contributed by atoms with Crippen LogP contribution in [0.1, 0.15) is 11.3 Å². The van der Waals surface area contributed by atoms with Gasteiger partial charge in [-0.3, -0.25) is 4.90 Å². The highest BCUT2D eigenvalue weighted by atomic mass is 35.5. The summed E-state index contributed by atoms with van der Waals surface area (Å²) in [6.07, 6.45) is 7.81. The lowest BCUT2D eigenvalue weighted by molar-refractivity contribution is 0.284. The summed E-state index contributed by atoms with van der Waals surface area (Å²) in [5, 5.41) is 5.22. The molecule has 3 aromatic rings. The molecule has 0 radical (unpaired) electrons. The fraction of sp³-hybridized carbons (Fsp3) is 0.318. The number of ether oxygens (including phenoxy) is 1. The number of hydrogen-bond donors (Lipinski definition) is 0. The number of methoxy groups -OCH3 is 1. The van der Waals surface area contributed by atoms with Crippen LogP contribution in [-0.4, -0.2) is 64.5 Å². The van der Waals surface area contributed by atoms with Crippen LogP contribution in [0, 0.1) is 6.92 Å². The maximum atomic E-state index is 6.12. The van der Waals surface area contributed by atoms with E-state index in [4.69, 9.17) is 16.3 Å². The molecule has 0 spiro atoms. The van der Waals surface area contributed by atoms with E-state index in [9.17, 15) is 0 Å². The van der Waals surface area contributed by atoms with E-state index in [0.29, 0.717) is 11.8 Å². The molecule has 1 fully saturated rings. The summed E-state index contributed by atoms with van der Waals surface area (Å²) in [6.45, 7) is 6.96. The van der Waals surface area contributed by atoms with E-state index in [1.807, 2.05) is 31.3 Å². The van der Waals surface area contributed by atoms with Gasteiger partial charge in [0.05, 0.1) is 19.0 Å². The lowest BCUT2D eigenvalue weighted by Crippen LogP contribution is -2.46. The molecule has 0 aliphatic carbocycles. The maximum absolute atomic E-state index is 6.12. The summed E-state index contributed by atoms with van der Waals surface area (Å²) >= 11 is 6.12. The van der Waals surface area contributed by atoms with E-state index < -0.39 is 0 Å². The Morgan fingerprint density at radius 1 is 1.16 bits per heavy atom. The Hall–Kier alpha value is -2.61. The normalized spacial score (nSPS) is 14.6. The average Bonchev–Trinajstić information content (AvgIpc) is 3.14. The molecule has 3 heterocycles. The number of anilines is 1. The molecule has 164 valence electrons. The number of aromatic nitrogens is 4. The van der Waals surface area contributed by atoms with Crippen LogP contribution in [0.2, 0.25) is 5.02 Å². The molecule has 2 aromatic heterocycles. The van der Waals surface area contributed by atoms with Crippen LogP contribution in [0.4, 0.5) is 5.69 Å². The van der Waals surface area contributed by atoms with Gasteiger partial charge in [-0.1, -0.05) is 29.8 Å². The van der Waals surface area contributed by atoms with Crippen molar-refractivity contribution in [3.63, 3.8) is 0 Å². The van der Waals surface area contributed by atoms with Crippen molar-refractivity contribution in [3.05, 3.63) is 65.1 Å². The molecule has 9 heteroatoms. The molecule has 1 aliphatic heterocycles. The molecule has 31 heavy (non-hydrogen) atoms. The fourth-order valence-electron chi connectivity index (χ4n) is 3.53. The van der Waals surface area contributed by atoms with Crippen LogP contribution in [0.15, 0.2) is 48.8 Å². The Labute approximate surface area is 193 Å². The molecule has 7 nitrogen and oxygen atoms in total. The standard InChI is InChI=1S/C22H25ClN6O.ClH/c1-17-18(16-25-29(17)22-24-9-8-21(26-22)30-2)5-4-10-27-11-13-28(14-12-27)20-7-3-6-19(23)15-20;/h3-9,15-16H,10-14H2,1-2H3;1H. The third kappa shape index (κ3) is 5.55. The average molecular weight is 461 g/mol. The lowest BCUT2D eigenvalue weighted by atomic mass is 10.2. The highest BCUT2D eigenvalue weighted by Gasteiger charge is 2.16. The molecule has 1 aliphatic rings. The van der Waals surface area contributed by atoms with Crippen LogP contribution in [0.25, 0.3) is 12.0 Å². The number of halogens is 2. The third-order valence-electron chi connectivity index (χ3n) is 5.27. The summed E-state index contributed by atoms with van der Waals surface area (Å²) in [4.78, 5) is 13.5. The molecular formula is C22H26Cl2N6O. The zero-order chi connectivity index (χ0) is 20.9. The van der Waals surface area contributed by atoms with Gasteiger partial charge in [0.15, 0.2) is 0 Å². The smallest absolute Gasteiger partial charge is 0.254 e. The van der Waals surface area contributed by atoms with Crippen LogP contribution in [0.3, 0.4) is 0 Å². The maximum Gasteiger partial charge on any atom is 0.254 e. The largest absolute Gasteiger partial charge is 0.481 e.